The van der Waals surface area contributed by atoms with E-state index in [1.807, 2.05) is 30.3 Å². The third-order valence-corrected chi connectivity index (χ3v) is 4.76. The number of aromatic nitrogens is 3. The van der Waals surface area contributed by atoms with Crippen LogP contribution in [-0.2, 0) is 17.9 Å². The van der Waals surface area contributed by atoms with Crippen LogP contribution in [0.4, 0.5) is 5.69 Å². The van der Waals surface area contributed by atoms with Gasteiger partial charge in [0.1, 0.15) is 12.1 Å². The Hall–Kier alpha value is -3.42. The number of fused-ring (bicyclic) bond motifs is 1. The molecule has 4 rings (SSSR count). The SMILES string of the molecule is O=C(Cn1ccn2nc(-c3ccccc3)c(CO)c2c1=O)Nc1ccc(Cl)cc1. The molecule has 0 fully saturated rings. The van der Waals surface area contributed by atoms with Gasteiger partial charge in [-0.05, 0) is 24.3 Å². The summed E-state index contributed by atoms with van der Waals surface area (Å²) >= 11 is 5.84. The fraction of sp³-hybridized carbons (Fsp3) is 0.0952. The first-order valence-electron chi connectivity index (χ1n) is 8.89. The first-order chi connectivity index (χ1) is 14.1. The van der Waals surface area contributed by atoms with Crippen molar-refractivity contribution in [3.63, 3.8) is 0 Å². The van der Waals surface area contributed by atoms with Crippen molar-refractivity contribution in [2.24, 2.45) is 0 Å². The Balaban J connectivity index is 1.67. The molecule has 0 aliphatic rings. The van der Waals surface area contributed by atoms with Gasteiger partial charge >= 0.3 is 0 Å². The van der Waals surface area contributed by atoms with Crippen LogP contribution in [0.25, 0.3) is 16.8 Å². The number of anilines is 1. The van der Waals surface area contributed by atoms with Crippen molar-refractivity contribution in [3.8, 4) is 11.3 Å². The van der Waals surface area contributed by atoms with Gasteiger partial charge in [-0.2, -0.15) is 5.10 Å². The van der Waals surface area contributed by atoms with Gasteiger partial charge < -0.3 is 15.0 Å². The van der Waals surface area contributed by atoms with E-state index in [2.05, 4.69) is 10.4 Å². The molecule has 0 bridgehead atoms. The van der Waals surface area contributed by atoms with Crippen molar-refractivity contribution in [1.82, 2.24) is 14.2 Å². The lowest BCUT2D eigenvalue weighted by atomic mass is 10.1. The number of hydrogen-bond acceptors (Lipinski definition) is 4. The molecule has 0 saturated heterocycles. The van der Waals surface area contributed by atoms with Gasteiger partial charge in [0.05, 0.1) is 12.3 Å². The molecule has 0 unspecified atom stereocenters. The van der Waals surface area contributed by atoms with Crippen molar-refractivity contribution in [2.75, 3.05) is 5.32 Å². The monoisotopic (exact) mass is 408 g/mol. The summed E-state index contributed by atoms with van der Waals surface area (Å²) in [5.74, 6) is -0.355. The van der Waals surface area contributed by atoms with Crippen LogP contribution < -0.4 is 10.9 Å². The minimum atomic E-state index is -0.405. The maximum absolute atomic E-state index is 13.0. The highest BCUT2D eigenvalue weighted by atomic mass is 35.5. The number of rotatable bonds is 5. The average molecular weight is 409 g/mol. The molecule has 8 heteroatoms. The zero-order valence-electron chi connectivity index (χ0n) is 15.2. The Morgan fingerprint density at radius 1 is 1.07 bits per heavy atom. The zero-order valence-corrected chi connectivity index (χ0v) is 16.0. The summed E-state index contributed by atoms with van der Waals surface area (Å²) in [5.41, 5.74) is 2.18. The Bertz CT molecular complexity index is 1230. The van der Waals surface area contributed by atoms with E-state index in [1.54, 1.807) is 30.5 Å². The molecule has 0 atom stereocenters. The molecular weight excluding hydrogens is 392 g/mol. The lowest BCUT2D eigenvalue weighted by Crippen LogP contribution is -2.28. The van der Waals surface area contributed by atoms with E-state index >= 15 is 0 Å². The first kappa shape index (κ1) is 18.9. The van der Waals surface area contributed by atoms with Crippen LogP contribution in [0.15, 0.2) is 71.8 Å². The molecular formula is C21H17ClN4O3. The Kier molecular flexibility index (Phi) is 5.16. The van der Waals surface area contributed by atoms with Crippen molar-refractivity contribution in [3.05, 3.63) is 87.9 Å². The van der Waals surface area contributed by atoms with Crippen molar-refractivity contribution >= 4 is 28.7 Å². The number of amides is 1. The number of nitrogens with zero attached hydrogens (tertiary/aromatic N) is 3. The molecule has 2 aromatic carbocycles. The summed E-state index contributed by atoms with van der Waals surface area (Å²) in [7, 11) is 0. The normalized spacial score (nSPS) is 11.0. The smallest absolute Gasteiger partial charge is 0.277 e. The predicted octanol–water partition coefficient (Wildman–Crippen LogP) is 2.95. The first-order valence-corrected chi connectivity index (χ1v) is 9.27. The Labute approximate surface area is 170 Å². The van der Waals surface area contributed by atoms with Gasteiger partial charge in [-0.3, -0.25) is 9.59 Å². The molecule has 146 valence electrons. The molecule has 4 aromatic rings. The number of benzene rings is 2. The van der Waals surface area contributed by atoms with Gasteiger partial charge in [-0.25, -0.2) is 4.52 Å². The number of hydrogen-bond donors (Lipinski definition) is 2. The largest absolute Gasteiger partial charge is 0.392 e. The molecule has 0 aliphatic carbocycles. The highest BCUT2D eigenvalue weighted by molar-refractivity contribution is 6.30. The van der Waals surface area contributed by atoms with Gasteiger partial charge in [-0.15, -0.1) is 0 Å². The summed E-state index contributed by atoms with van der Waals surface area (Å²) in [5, 5.41) is 17.6. The third kappa shape index (κ3) is 3.78. The fourth-order valence-electron chi connectivity index (χ4n) is 3.14. The number of carbonyl (C=O) groups is 1. The summed E-state index contributed by atoms with van der Waals surface area (Å²) < 4.78 is 2.72. The maximum Gasteiger partial charge on any atom is 0.277 e. The second-order valence-corrected chi connectivity index (χ2v) is 6.87. The van der Waals surface area contributed by atoms with Crippen molar-refractivity contribution in [2.45, 2.75) is 13.2 Å². The van der Waals surface area contributed by atoms with E-state index in [-0.39, 0.29) is 24.6 Å². The van der Waals surface area contributed by atoms with Gasteiger partial charge in [0.2, 0.25) is 5.91 Å². The molecule has 7 nitrogen and oxygen atoms in total. The topological polar surface area (TPSA) is 88.6 Å². The van der Waals surface area contributed by atoms with Crippen molar-refractivity contribution < 1.29 is 9.90 Å². The second-order valence-electron chi connectivity index (χ2n) is 6.43. The van der Waals surface area contributed by atoms with E-state index < -0.39 is 5.56 Å². The number of nitrogens with one attached hydrogen (secondary N) is 1. The standard InChI is InChI=1S/C21H17ClN4O3/c22-15-6-8-16(9-7-15)23-18(28)12-25-10-11-26-20(21(25)29)17(13-27)19(24-26)14-4-2-1-3-5-14/h1-11,27H,12-13H2,(H,23,28). The lowest BCUT2D eigenvalue weighted by Gasteiger charge is -2.08. The number of carbonyl (C=O) groups excluding carboxylic acids is 1. The molecule has 2 aromatic heterocycles. The highest BCUT2D eigenvalue weighted by Crippen LogP contribution is 2.24. The van der Waals surface area contributed by atoms with Gasteiger partial charge in [0.15, 0.2) is 0 Å². The van der Waals surface area contributed by atoms with E-state index in [1.165, 1.54) is 15.3 Å². The molecule has 0 spiro atoms. The van der Waals surface area contributed by atoms with Crippen LogP contribution in [0.5, 0.6) is 0 Å². The molecule has 29 heavy (non-hydrogen) atoms. The van der Waals surface area contributed by atoms with E-state index in [4.69, 9.17) is 11.6 Å². The summed E-state index contributed by atoms with van der Waals surface area (Å²) in [4.78, 5) is 25.3. The van der Waals surface area contributed by atoms with Crippen LogP contribution in [-0.4, -0.2) is 25.2 Å². The quantitative estimate of drug-likeness (QED) is 0.531. The minimum Gasteiger partial charge on any atom is -0.392 e. The van der Waals surface area contributed by atoms with Crippen LogP contribution in [0.2, 0.25) is 5.02 Å². The van der Waals surface area contributed by atoms with Crippen molar-refractivity contribution in [1.29, 1.82) is 0 Å². The molecule has 0 saturated carbocycles. The van der Waals surface area contributed by atoms with Crippen LogP contribution in [0.3, 0.4) is 0 Å². The Morgan fingerprint density at radius 2 is 1.79 bits per heavy atom. The maximum atomic E-state index is 13.0. The van der Waals surface area contributed by atoms with E-state index in [9.17, 15) is 14.7 Å². The molecule has 2 heterocycles. The zero-order chi connectivity index (χ0) is 20.4. The summed E-state index contributed by atoms with van der Waals surface area (Å²) in [6.07, 6.45) is 3.09. The fourth-order valence-corrected chi connectivity index (χ4v) is 3.27. The van der Waals surface area contributed by atoms with Gasteiger partial charge in [-0.1, -0.05) is 41.9 Å². The predicted molar refractivity (Wildman–Crippen MR) is 111 cm³/mol. The highest BCUT2D eigenvalue weighted by Gasteiger charge is 2.18. The van der Waals surface area contributed by atoms with Gasteiger partial charge in [0, 0.05) is 34.2 Å². The van der Waals surface area contributed by atoms with Crippen LogP contribution >= 0.6 is 11.6 Å². The summed E-state index contributed by atoms with van der Waals surface area (Å²) in [6.45, 7) is -0.515. The second kappa shape index (κ2) is 7.90. The summed E-state index contributed by atoms with van der Waals surface area (Å²) in [6, 6.07) is 16.0. The molecule has 0 radical (unpaired) electrons. The number of aliphatic hydroxyl groups excluding tert-OH is 1. The number of aliphatic hydroxyl groups is 1. The molecule has 0 aliphatic heterocycles. The van der Waals surface area contributed by atoms with E-state index in [0.717, 1.165) is 5.56 Å². The third-order valence-electron chi connectivity index (χ3n) is 4.51. The van der Waals surface area contributed by atoms with Crippen LogP contribution in [0, 0.1) is 0 Å². The Morgan fingerprint density at radius 3 is 2.48 bits per heavy atom. The van der Waals surface area contributed by atoms with E-state index in [0.29, 0.717) is 22.0 Å². The molecule has 1 amide bonds. The molecule has 2 N–H and O–H groups in total. The number of halogens is 1. The van der Waals surface area contributed by atoms with Crippen LogP contribution in [0.1, 0.15) is 5.56 Å². The lowest BCUT2D eigenvalue weighted by molar-refractivity contribution is -0.116. The average Bonchev–Trinajstić information content (AvgIpc) is 3.12. The minimum absolute atomic E-state index is 0.172. The van der Waals surface area contributed by atoms with Gasteiger partial charge in [0.25, 0.3) is 5.56 Å².